The van der Waals surface area contributed by atoms with E-state index in [1.807, 2.05) is 18.2 Å². The van der Waals surface area contributed by atoms with Gasteiger partial charge in [0.2, 0.25) is 0 Å². The monoisotopic (exact) mass is 717 g/mol. The highest BCUT2D eigenvalue weighted by Crippen LogP contribution is 2.39. The molecule has 0 bridgehead atoms. The van der Waals surface area contributed by atoms with Gasteiger partial charge in [0, 0.05) is 33.0 Å². The molecule has 0 spiro atoms. The van der Waals surface area contributed by atoms with Gasteiger partial charge in [0.05, 0.1) is 11.0 Å². The Morgan fingerprint density at radius 2 is 1.11 bits per heavy atom. The fourth-order valence-electron chi connectivity index (χ4n) is 8.27. The maximum atomic E-state index is 6.62. The SMILES string of the molecule is C1=CC(c2ccc(-c3nc(-c4ccccc4)nc4c3oc3ccc(-c5cccc(-c6ccc7c(c6)c6ccccc6n7-c6ccccc6)c5)cc34)cc2)=CCC1. The van der Waals surface area contributed by atoms with Gasteiger partial charge in [0.15, 0.2) is 11.4 Å². The predicted molar refractivity (Wildman–Crippen MR) is 232 cm³/mol. The van der Waals surface area contributed by atoms with E-state index < -0.39 is 0 Å². The van der Waals surface area contributed by atoms with Crippen LogP contribution in [0.3, 0.4) is 0 Å². The Bertz CT molecular complexity index is 3170. The van der Waals surface area contributed by atoms with Gasteiger partial charge in [0.1, 0.15) is 16.8 Å². The molecule has 0 saturated heterocycles. The molecule has 4 nitrogen and oxygen atoms in total. The molecule has 11 rings (SSSR count). The second-order valence-electron chi connectivity index (χ2n) is 14.5. The first kappa shape index (κ1) is 32.2. The van der Waals surface area contributed by atoms with Crippen LogP contribution in [-0.2, 0) is 0 Å². The molecule has 0 N–H and O–H groups in total. The van der Waals surface area contributed by atoms with Crippen LogP contribution in [0, 0.1) is 0 Å². The second-order valence-corrected chi connectivity index (χ2v) is 14.5. The number of furan rings is 1. The summed E-state index contributed by atoms with van der Waals surface area (Å²) in [7, 11) is 0. The number of allylic oxidation sites excluding steroid dienone is 4. The number of fused-ring (bicyclic) bond motifs is 6. The Kier molecular flexibility index (Phi) is 7.59. The van der Waals surface area contributed by atoms with Gasteiger partial charge in [-0.25, -0.2) is 9.97 Å². The molecule has 264 valence electrons. The topological polar surface area (TPSA) is 43.9 Å². The van der Waals surface area contributed by atoms with Gasteiger partial charge < -0.3 is 8.98 Å². The summed E-state index contributed by atoms with van der Waals surface area (Å²) in [6.07, 6.45) is 8.94. The van der Waals surface area contributed by atoms with Crippen LogP contribution in [0.15, 0.2) is 193 Å². The van der Waals surface area contributed by atoms with E-state index in [0.29, 0.717) is 11.4 Å². The van der Waals surface area contributed by atoms with Crippen molar-refractivity contribution in [1.29, 1.82) is 0 Å². The summed E-state index contributed by atoms with van der Waals surface area (Å²) in [4.78, 5) is 10.3. The molecule has 1 aliphatic carbocycles. The van der Waals surface area contributed by atoms with E-state index in [1.165, 1.54) is 38.5 Å². The first-order chi connectivity index (χ1) is 27.7. The van der Waals surface area contributed by atoms with E-state index in [-0.39, 0.29) is 0 Å². The Hall–Kier alpha value is -7.30. The highest BCUT2D eigenvalue weighted by Gasteiger charge is 2.20. The molecule has 0 amide bonds. The summed E-state index contributed by atoms with van der Waals surface area (Å²) < 4.78 is 8.98. The van der Waals surface area contributed by atoms with E-state index >= 15 is 0 Å². The molecule has 0 saturated carbocycles. The standard InChI is InChI=1S/C52H35N3O/c1-4-13-34(14-5-1)35-23-25-36(26-24-35)49-51-50(54-52(53-49)37-15-6-2-7-16-37)45-33-41(28-30-48(45)56-51)39-18-12-17-38(31-39)40-27-29-47-44(32-40)43-21-10-11-22-46(43)55(47)42-19-8-3-9-20-42/h2-4,6-33H,1,5H2. The lowest BCUT2D eigenvalue weighted by Gasteiger charge is -2.09. The van der Waals surface area contributed by atoms with E-state index in [2.05, 4.69) is 174 Å². The van der Waals surface area contributed by atoms with Crippen molar-refractivity contribution in [2.75, 3.05) is 0 Å². The third-order valence-electron chi connectivity index (χ3n) is 11.0. The van der Waals surface area contributed by atoms with Crippen LogP contribution in [0.25, 0.3) is 100 Å². The number of aromatic nitrogens is 3. The summed E-state index contributed by atoms with van der Waals surface area (Å²) in [5.41, 5.74) is 15.6. The second kappa shape index (κ2) is 13.2. The number of rotatable bonds is 6. The molecule has 1 aliphatic rings. The summed E-state index contributed by atoms with van der Waals surface area (Å²) in [6.45, 7) is 0. The lowest BCUT2D eigenvalue weighted by Crippen LogP contribution is -1.94. The largest absolute Gasteiger partial charge is 0.452 e. The minimum Gasteiger partial charge on any atom is -0.452 e. The predicted octanol–water partition coefficient (Wildman–Crippen LogP) is 13.9. The van der Waals surface area contributed by atoms with Gasteiger partial charge >= 0.3 is 0 Å². The molecular formula is C52H35N3O. The van der Waals surface area contributed by atoms with Crippen LogP contribution >= 0.6 is 0 Å². The number of nitrogens with zero attached hydrogens (tertiary/aromatic N) is 3. The van der Waals surface area contributed by atoms with Crippen molar-refractivity contribution >= 4 is 49.4 Å². The molecule has 0 fully saturated rings. The van der Waals surface area contributed by atoms with Crippen LogP contribution in [0.1, 0.15) is 18.4 Å². The maximum Gasteiger partial charge on any atom is 0.180 e. The van der Waals surface area contributed by atoms with Gasteiger partial charge in [-0.3, -0.25) is 0 Å². The molecular weight excluding hydrogens is 683 g/mol. The average Bonchev–Trinajstić information content (AvgIpc) is 3.82. The van der Waals surface area contributed by atoms with E-state index in [9.17, 15) is 0 Å². The molecule has 0 radical (unpaired) electrons. The van der Waals surface area contributed by atoms with Crippen molar-refractivity contribution in [2.45, 2.75) is 12.8 Å². The molecule has 4 heteroatoms. The zero-order chi connectivity index (χ0) is 37.0. The van der Waals surface area contributed by atoms with Gasteiger partial charge in [-0.2, -0.15) is 0 Å². The zero-order valence-corrected chi connectivity index (χ0v) is 30.6. The molecule has 3 aromatic heterocycles. The number of para-hydroxylation sites is 2. The molecule has 0 aliphatic heterocycles. The van der Waals surface area contributed by atoms with Crippen molar-refractivity contribution in [3.63, 3.8) is 0 Å². The minimum absolute atomic E-state index is 0.675. The Morgan fingerprint density at radius 1 is 0.464 bits per heavy atom. The van der Waals surface area contributed by atoms with E-state index in [4.69, 9.17) is 14.4 Å². The summed E-state index contributed by atoms with van der Waals surface area (Å²) in [5, 5.41) is 3.45. The van der Waals surface area contributed by atoms with Gasteiger partial charge in [-0.05, 0) is 94.8 Å². The average molecular weight is 718 g/mol. The first-order valence-electron chi connectivity index (χ1n) is 19.2. The van der Waals surface area contributed by atoms with E-state index in [1.54, 1.807) is 0 Å². The van der Waals surface area contributed by atoms with Crippen LogP contribution < -0.4 is 0 Å². The van der Waals surface area contributed by atoms with Crippen molar-refractivity contribution < 1.29 is 4.42 Å². The lowest BCUT2D eigenvalue weighted by molar-refractivity contribution is 0.667. The summed E-state index contributed by atoms with van der Waals surface area (Å²) >= 11 is 0. The fraction of sp³-hybridized carbons (Fsp3) is 0.0385. The van der Waals surface area contributed by atoms with Crippen LogP contribution in [-0.4, -0.2) is 14.5 Å². The van der Waals surface area contributed by atoms with Gasteiger partial charge in [-0.15, -0.1) is 0 Å². The Labute approximate surface area is 324 Å². The molecule has 0 atom stereocenters. The molecule has 56 heavy (non-hydrogen) atoms. The molecule has 3 heterocycles. The summed E-state index contributed by atoms with van der Waals surface area (Å²) in [5.74, 6) is 0.675. The van der Waals surface area contributed by atoms with Crippen molar-refractivity contribution in [1.82, 2.24) is 14.5 Å². The van der Waals surface area contributed by atoms with E-state index in [0.717, 1.165) is 68.5 Å². The van der Waals surface area contributed by atoms with Crippen LogP contribution in [0.2, 0.25) is 0 Å². The fourth-order valence-corrected chi connectivity index (χ4v) is 8.27. The molecule has 10 aromatic rings. The first-order valence-corrected chi connectivity index (χ1v) is 19.2. The van der Waals surface area contributed by atoms with Crippen molar-refractivity contribution in [3.05, 3.63) is 194 Å². The highest BCUT2D eigenvalue weighted by atomic mass is 16.3. The molecule has 0 unspecified atom stereocenters. The van der Waals surface area contributed by atoms with Crippen molar-refractivity contribution in [3.8, 4) is 50.6 Å². The van der Waals surface area contributed by atoms with Crippen LogP contribution in [0.4, 0.5) is 0 Å². The smallest absolute Gasteiger partial charge is 0.180 e. The number of benzene rings is 7. The van der Waals surface area contributed by atoms with Crippen molar-refractivity contribution in [2.24, 2.45) is 0 Å². The normalized spacial score (nSPS) is 12.9. The zero-order valence-electron chi connectivity index (χ0n) is 30.6. The minimum atomic E-state index is 0.675. The summed E-state index contributed by atoms with van der Waals surface area (Å²) in [6, 6.07) is 60.2. The van der Waals surface area contributed by atoms with Gasteiger partial charge in [-0.1, -0.05) is 140 Å². The molecule has 7 aromatic carbocycles. The lowest BCUT2D eigenvalue weighted by atomic mass is 9.97. The van der Waals surface area contributed by atoms with Crippen LogP contribution in [0.5, 0.6) is 0 Å². The third kappa shape index (κ3) is 5.46. The number of hydrogen-bond acceptors (Lipinski definition) is 3. The third-order valence-corrected chi connectivity index (χ3v) is 11.0. The quantitative estimate of drug-likeness (QED) is 0.172. The maximum absolute atomic E-state index is 6.62. The highest BCUT2D eigenvalue weighted by molar-refractivity contribution is 6.11. The Balaban J connectivity index is 1.02. The Morgan fingerprint density at radius 3 is 1.89 bits per heavy atom. The van der Waals surface area contributed by atoms with Gasteiger partial charge in [0.25, 0.3) is 0 Å². The number of hydrogen-bond donors (Lipinski definition) is 0.